The zero-order valence-electron chi connectivity index (χ0n) is 16.5. The smallest absolute Gasteiger partial charge is 0.229 e. The van der Waals surface area contributed by atoms with Crippen LogP contribution in [-0.2, 0) is 9.59 Å². The van der Waals surface area contributed by atoms with E-state index < -0.39 is 0 Å². The van der Waals surface area contributed by atoms with Gasteiger partial charge in [0.05, 0.1) is 20.1 Å². The van der Waals surface area contributed by atoms with Crippen molar-refractivity contribution in [2.75, 3.05) is 38.0 Å². The molecule has 0 spiro atoms. The van der Waals surface area contributed by atoms with Crippen molar-refractivity contribution < 1.29 is 19.1 Å². The van der Waals surface area contributed by atoms with E-state index in [9.17, 15) is 9.59 Å². The summed E-state index contributed by atoms with van der Waals surface area (Å²) < 4.78 is 10.9. The van der Waals surface area contributed by atoms with Crippen LogP contribution in [0.25, 0.3) is 0 Å². The largest absolute Gasteiger partial charge is 0.497 e. The lowest BCUT2D eigenvalue weighted by Gasteiger charge is -2.28. The minimum Gasteiger partial charge on any atom is -0.497 e. The van der Waals surface area contributed by atoms with E-state index in [1.807, 2.05) is 53.4 Å². The van der Waals surface area contributed by atoms with Crippen molar-refractivity contribution in [3.05, 3.63) is 54.1 Å². The molecule has 0 aromatic heterocycles. The SMILES string of the molecule is COc1ccc(OC)c(C2SCCN2C(=O)C2CC(=O)N(c3ccccc3)C2)c1. The number of nitrogens with zero attached hydrogens (tertiary/aromatic N) is 2. The fourth-order valence-electron chi connectivity index (χ4n) is 3.95. The van der Waals surface area contributed by atoms with Gasteiger partial charge in [0.25, 0.3) is 0 Å². The second-order valence-electron chi connectivity index (χ2n) is 7.10. The third kappa shape index (κ3) is 3.79. The highest BCUT2D eigenvalue weighted by atomic mass is 32.2. The molecular weight excluding hydrogens is 388 g/mol. The quantitative estimate of drug-likeness (QED) is 0.754. The van der Waals surface area contributed by atoms with Crippen LogP contribution in [-0.4, -0.2) is 49.8 Å². The molecule has 6 nitrogen and oxygen atoms in total. The van der Waals surface area contributed by atoms with Crippen LogP contribution in [0.15, 0.2) is 48.5 Å². The summed E-state index contributed by atoms with van der Waals surface area (Å²) in [6.07, 6.45) is 0.247. The maximum absolute atomic E-state index is 13.4. The summed E-state index contributed by atoms with van der Waals surface area (Å²) in [7, 11) is 3.25. The molecule has 0 radical (unpaired) electrons. The number of para-hydroxylation sites is 1. The highest BCUT2D eigenvalue weighted by Gasteiger charge is 2.41. The Balaban J connectivity index is 1.55. The number of hydrogen-bond acceptors (Lipinski definition) is 5. The highest BCUT2D eigenvalue weighted by molar-refractivity contribution is 7.99. The summed E-state index contributed by atoms with van der Waals surface area (Å²) in [6.45, 7) is 1.08. The third-order valence-electron chi connectivity index (χ3n) is 5.42. The summed E-state index contributed by atoms with van der Waals surface area (Å²) in [5.41, 5.74) is 1.77. The number of rotatable bonds is 5. The number of carbonyl (C=O) groups excluding carboxylic acids is 2. The molecule has 2 unspecified atom stereocenters. The highest BCUT2D eigenvalue weighted by Crippen LogP contribution is 2.44. The van der Waals surface area contributed by atoms with E-state index in [1.54, 1.807) is 30.9 Å². The Kier molecular flexibility index (Phi) is 5.67. The molecule has 0 N–H and O–H groups in total. The van der Waals surface area contributed by atoms with Crippen molar-refractivity contribution in [1.29, 1.82) is 0 Å². The Bertz CT molecular complexity index is 905. The van der Waals surface area contributed by atoms with Crippen molar-refractivity contribution in [1.82, 2.24) is 4.90 Å². The van der Waals surface area contributed by atoms with Gasteiger partial charge in [-0.2, -0.15) is 0 Å². The molecule has 2 amide bonds. The van der Waals surface area contributed by atoms with E-state index in [1.165, 1.54) is 0 Å². The first-order chi connectivity index (χ1) is 14.1. The van der Waals surface area contributed by atoms with Gasteiger partial charge in [-0.1, -0.05) is 18.2 Å². The number of anilines is 1. The van der Waals surface area contributed by atoms with Crippen LogP contribution in [0.3, 0.4) is 0 Å². The zero-order chi connectivity index (χ0) is 20.4. The fourth-order valence-corrected chi connectivity index (χ4v) is 5.23. The summed E-state index contributed by atoms with van der Waals surface area (Å²) in [6, 6.07) is 15.2. The zero-order valence-corrected chi connectivity index (χ0v) is 17.4. The molecular formula is C22H24N2O4S. The number of methoxy groups -OCH3 is 2. The van der Waals surface area contributed by atoms with Crippen molar-refractivity contribution in [2.24, 2.45) is 5.92 Å². The van der Waals surface area contributed by atoms with Gasteiger partial charge < -0.3 is 19.3 Å². The molecule has 0 aliphatic carbocycles. The Hall–Kier alpha value is -2.67. The predicted octanol–water partition coefficient (Wildman–Crippen LogP) is 3.33. The Morgan fingerprint density at radius 1 is 1.10 bits per heavy atom. The van der Waals surface area contributed by atoms with Crippen molar-refractivity contribution in [3.8, 4) is 11.5 Å². The van der Waals surface area contributed by atoms with E-state index in [2.05, 4.69) is 0 Å². The molecule has 2 heterocycles. The molecule has 2 aliphatic rings. The number of amides is 2. The van der Waals surface area contributed by atoms with Gasteiger partial charge in [-0.25, -0.2) is 0 Å². The molecule has 0 bridgehead atoms. The predicted molar refractivity (Wildman–Crippen MR) is 113 cm³/mol. The summed E-state index contributed by atoms with van der Waals surface area (Å²) in [4.78, 5) is 29.5. The molecule has 2 atom stereocenters. The molecule has 2 saturated heterocycles. The second-order valence-corrected chi connectivity index (χ2v) is 8.29. The van der Waals surface area contributed by atoms with Crippen LogP contribution in [0.5, 0.6) is 11.5 Å². The van der Waals surface area contributed by atoms with Crippen LogP contribution in [0.1, 0.15) is 17.4 Å². The van der Waals surface area contributed by atoms with Gasteiger partial charge >= 0.3 is 0 Å². The normalized spacial score (nSPS) is 21.5. The van der Waals surface area contributed by atoms with Crippen LogP contribution in [0, 0.1) is 5.92 Å². The van der Waals surface area contributed by atoms with Gasteiger partial charge in [0.2, 0.25) is 11.8 Å². The number of carbonyl (C=O) groups is 2. The number of ether oxygens (including phenoxy) is 2. The van der Waals surface area contributed by atoms with E-state index in [0.717, 1.165) is 28.5 Å². The average Bonchev–Trinajstić information content (AvgIpc) is 3.40. The standard InChI is InChI=1S/C22H24N2O4S/c1-27-17-8-9-19(28-2)18(13-17)22-23(10-11-29-22)21(26)15-12-20(25)24(14-15)16-6-4-3-5-7-16/h3-9,13,15,22H,10-12,14H2,1-2H3. The third-order valence-corrected chi connectivity index (χ3v) is 6.66. The molecule has 152 valence electrons. The van der Waals surface area contributed by atoms with Gasteiger partial charge in [-0.05, 0) is 30.3 Å². The molecule has 2 fully saturated rings. The molecule has 29 heavy (non-hydrogen) atoms. The number of hydrogen-bond donors (Lipinski definition) is 0. The van der Waals surface area contributed by atoms with Crippen molar-refractivity contribution in [2.45, 2.75) is 11.8 Å². The molecule has 2 aromatic rings. The van der Waals surface area contributed by atoms with Gasteiger partial charge in [0.1, 0.15) is 16.9 Å². The molecule has 2 aliphatic heterocycles. The molecule has 7 heteroatoms. The summed E-state index contributed by atoms with van der Waals surface area (Å²) >= 11 is 1.71. The Morgan fingerprint density at radius 3 is 2.62 bits per heavy atom. The molecule has 0 saturated carbocycles. The Labute approximate surface area is 174 Å². The summed E-state index contributed by atoms with van der Waals surface area (Å²) in [5, 5.41) is -0.145. The van der Waals surface area contributed by atoms with E-state index >= 15 is 0 Å². The number of thioether (sulfide) groups is 1. The lowest BCUT2D eigenvalue weighted by molar-refractivity contribution is -0.136. The second kappa shape index (κ2) is 8.37. The maximum Gasteiger partial charge on any atom is 0.229 e. The molecule has 2 aromatic carbocycles. The monoisotopic (exact) mass is 412 g/mol. The van der Waals surface area contributed by atoms with Crippen LogP contribution in [0.2, 0.25) is 0 Å². The van der Waals surface area contributed by atoms with Gasteiger partial charge in [-0.3, -0.25) is 9.59 Å². The lowest BCUT2D eigenvalue weighted by atomic mass is 10.1. The maximum atomic E-state index is 13.4. The van der Waals surface area contributed by atoms with Crippen molar-refractivity contribution >= 4 is 29.3 Å². The van der Waals surface area contributed by atoms with Gasteiger partial charge in [0, 0.05) is 36.5 Å². The Morgan fingerprint density at radius 2 is 1.90 bits per heavy atom. The van der Waals surface area contributed by atoms with Crippen LogP contribution >= 0.6 is 11.8 Å². The fraction of sp³-hybridized carbons (Fsp3) is 0.364. The lowest BCUT2D eigenvalue weighted by Crippen LogP contribution is -2.37. The van der Waals surface area contributed by atoms with E-state index in [0.29, 0.717) is 13.1 Å². The van der Waals surface area contributed by atoms with Crippen molar-refractivity contribution in [3.63, 3.8) is 0 Å². The van der Waals surface area contributed by atoms with Gasteiger partial charge in [-0.15, -0.1) is 11.8 Å². The summed E-state index contributed by atoms with van der Waals surface area (Å²) in [5.74, 6) is 2.00. The minimum absolute atomic E-state index is 0.00286. The van der Waals surface area contributed by atoms with E-state index in [4.69, 9.17) is 9.47 Å². The first kappa shape index (κ1) is 19.6. The molecule has 4 rings (SSSR count). The first-order valence-electron chi connectivity index (χ1n) is 9.61. The number of benzene rings is 2. The topological polar surface area (TPSA) is 59.1 Å². The van der Waals surface area contributed by atoms with E-state index in [-0.39, 0.29) is 29.5 Å². The van der Waals surface area contributed by atoms with Crippen LogP contribution < -0.4 is 14.4 Å². The van der Waals surface area contributed by atoms with Gasteiger partial charge in [0.15, 0.2) is 0 Å². The minimum atomic E-state index is -0.333. The average molecular weight is 413 g/mol. The first-order valence-corrected chi connectivity index (χ1v) is 10.7. The van der Waals surface area contributed by atoms with Crippen LogP contribution in [0.4, 0.5) is 5.69 Å².